The van der Waals surface area contributed by atoms with Crippen LogP contribution in [0.4, 0.5) is 19.0 Å². The maximum absolute atomic E-state index is 10.6. The summed E-state index contributed by atoms with van der Waals surface area (Å²) < 4.78 is 34.5. The third-order valence-corrected chi connectivity index (χ3v) is 4.15. The van der Waals surface area contributed by atoms with Crippen molar-refractivity contribution in [2.24, 2.45) is 5.92 Å². The van der Waals surface area contributed by atoms with Crippen LogP contribution in [0.2, 0.25) is 0 Å². The first-order valence-corrected chi connectivity index (χ1v) is 8.44. The topological polar surface area (TPSA) is 117 Å². The van der Waals surface area contributed by atoms with Crippen LogP contribution >= 0.6 is 15.9 Å². The van der Waals surface area contributed by atoms with Crippen LogP contribution in [0.15, 0.2) is 23.1 Å². The highest BCUT2D eigenvalue weighted by Crippen LogP contribution is 2.21. The van der Waals surface area contributed by atoms with Gasteiger partial charge in [-0.1, -0.05) is 0 Å². The van der Waals surface area contributed by atoms with Crippen molar-refractivity contribution in [2.45, 2.75) is 6.18 Å². The Morgan fingerprint density at radius 3 is 2.74 bits per heavy atom. The summed E-state index contributed by atoms with van der Waals surface area (Å²) >= 11 is 3.42. The second-order valence-corrected chi connectivity index (χ2v) is 6.60. The lowest BCUT2D eigenvalue weighted by Crippen LogP contribution is -2.45. The number of fused-ring (bicyclic) bond motifs is 3. The van der Waals surface area contributed by atoms with E-state index in [-0.39, 0.29) is 0 Å². The van der Waals surface area contributed by atoms with Crippen LogP contribution in [0.3, 0.4) is 0 Å². The van der Waals surface area contributed by atoms with Crippen molar-refractivity contribution in [2.75, 3.05) is 25.0 Å². The molecule has 0 bridgehead atoms. The van der Waals surface area contributed by atoms with Crippen molar-refractivity contribution < 1.29 is 23.1 Å². The van der Waals surface area contributed by atoms with Gasteiger partial charge in [0.1, 0.15) is 6.33 Å². The Bertz CT molecular complexity index is 974. The minimum Gasteiger partial charge on any atom is -0.475 e. The molecule has 1 aliphatic rings. The quantitative estimate of drug-likeness (QED) is 0.555. The van der Waals surface area contributed by atoms with Crippen molar-refractivity contribution >= 4 is 44.5 Å². The molecule has 0 unspecified atom stereocenters. The Labute approximate surface area is 158 Å². The lowest BCUT2D eigenvalue weighted by atomic mass is 10.0. The highest BCUT2D eigenvalue weighted by molar-refractivity contribution is 9.10. The molecule has 0 saturated carbocycles. The number of anilines is 1. The van der Waals surface area contributed by atoms with Crippen LogP contribution in [0.1, 0.15) is 0 Å². The molecule has 0 aliphatic carbocycles. The van der Waals surface area contributed by atoms with Gasteiger partial charge in [-0.05, 0) is 22.0 Å². The SMILES string of the molecule is Brc1cnc2nc(NCC3CNC3)c3nncn3c2c1.O=C(O)C(F)(F)F. The molecule has 4 heterocycles. The van der Waals surface area contributed by atoms with Crippen molar-refractivity contribution in [1.29, 1.82) is 0 Å². The van der Waals surface area contributed by atoms with Crippen LogP contribution in [0.5, 0.6) is 0 Å². The molecule has 4 rings (SSSR count). The van der Waals surface area contributed by atoms with E-state index in [1.807, 2.05) is 10.5 Å². The van der Waals surface area contributed by atoms with Gasteiger partial charge < -0.3 is 15.7 Å². The Balaban J connectivity index is 0.000000260. The van der Waals surface area contributed by atoms with E-state index in [1.165, 1.54) is 0 Å². The minimum absolute atomic E-state index is 0.647. The number of rotatable bonds is 3. The van der Waals surface area contributed by atoms with Crippen LogP contribution in [-0.4, -0.2) is 61.5 Å². The first-order valence-electron chi connectivity index (χ1n) is 7.65. The van der Waals surface area contributed by atoms with Crippen molar-refractivity contribution in [3.05, 3.63) is 23.1 Å². The number of nitrogens with one attached hydrogen (secondary N) is 2. The van der Waals surface area contributed by atoms with Crippen LogP contribution in [0.25, 0.3) is 16.8 Å². The van der Waals surface area contributed by atoms with E-state index in [4.69, 9.17) is 9.90 Å². The van der Waals surface area contributed by atoms with Gasteiger partial charge in [0.05, 0.1) is 5.52 Å². The molecule has 27 heavy (non-hydrogen) atoms. The number of hydrogen-bond donors (Lipinski definition) is 3. The molecule has 0 radical (unpaired) electrons. The molecular formula is C14H13BrF3N7O2. The van der Waals surface area contributed by atoms with Crippen LogP contribution in [0, 0.1) is 5.92 Å². The number of hydrogen-bond acceptors (Lipinski definition) is 7. The largest absolute Gasteiger partial charge is 0.490 e. The molecule has 13 heteroatoms. The Morgan fingerprint density at radius 2 is 2.15 bits per heavy atom. The molecule has 3 N–H and O–H groups in total. The monoisotopic (exact) mass is 447 g/mol. The second-order valence-electron chi connectivity index (χ2n) is 5.69. The summed E-state index contributed by atoms with van der Waals surface area (Å²) in [6.07, 6.45) is -1.66. The van der Waals surface area contributed by atoms with Gasteiger partial charge in [0.15, 0.2) is 11.5 Å². The average Bonchev–Trinajstić information content (AvgIpc) is 3.03. The number of alkyl halides is 3. The van der Waals surface area contributed by atoms with E-state index >= 15 is 0 Å². The summed E-state index contributed by atoms with van der Waals surface area (Å²) in [7, 11) is 0. The number of carbonyl (C=O) groups is 1. The van der Waals surface area contributed by atoms with Crippen molar-refractivity contribution in [3.8, 4) is 0 Å². The molecule has 1 aliphatic heterocycles. The fourth-order valence-electron chi connectivity index (χ4n) is 2.27. The fourth-order valence-corrected chi connectivity index (χ4v) is 2.59. The number of carboxylic acids is 1. The molecule has 144 valence electrons. The number of nitrogens with zero attached hydrogens (tertiary/aromatic N) is 5. The lowest BCUT2D eigenvalue weighted by Gasteiger charge is -2.27. The maximum Gasteiger partial charge on any atom is 0.490 e. The van der Waals surface area contributed by atoms with E-state index in [9.17, 15) is 13.2 Å². The fraction of sp³-hybridized carbons (Fsp3) is 0.357. The van der Waals surface area contributed by atoms with Crippen LogP contribution < -0.4 is 10.6 Å². The zero-order valence-corrected chi connectivity index (χ0v) is 15.1. The molecule has 0 amide bonds. The number of aliphatic carboxylic acids is 1. The number of carboxylic acid groups (broad SMARTS) is 1. The average molecular weight is 448 g/mol. The number of halogens is 4. The second kappa shape index (κ2) is 7.60. The summed E-state index contributed by atoms with van der Waals surface area (Å²) in [6, 6.07) is 1.96. The first-order chi connectivity index (χ1) is 12.8. The number of aromatic nitrogens is 5. The Hall–Kier alpha value is -2.54. The number of pyridine rings is 1. The first kappa shape index (κ1) is 19.2. The zero-order chi connectivity index (χ0) is 19.6. The molecule has 0 atom stereocenters. The van der Waals surface area contributed by atoms with Gasteiger partial charge in [0.25, 0.3) is 0 Å². The summed E-state index contributed by atoms with van der Waals surface area (Å²) in [5.41, 5.74) is 2.29. The van der Waals surface area contributed by atoms with Gasteiger partial charge in [-0.15, -0.1) is 10.2 Å². The molecular weight excluding hydrogens is 435 g/mol. The zero-order valence-electron chi connectivity index (χ0n) is 13.5. The lowest BCUT2D eigenvalue weighted by molar-refractivity contribution is -0.192. The van der Waals surface area contributed by atoms with E-state index < -0.39 is 12.1 Å². The summed E-state index contributed by atoms with van der Waals surface area (Å²) in [4.78, 5) is 17.8. The van der Waals surface area contributed by atoms with Gasteiger partial charge in [-0.25, -0.2) is 14.8 Å². The molecule has 3 aromatic rings. The van der Waals surface area contributed by atoms with E-state index in [1.54, 1.807) is 12.5 Å². The predicted octanol–water partition coefficient (Wildman–Crippen LogP) is 1.70. The Morgan fingerprint density at radius 1 is 1.44 bits per heavy atom. The standard InChI is InChI=1S/C12H12BrN7.C2HF3O2/c13-8-1-9-10(16-5-8)18-11(12-19-17-6-20(9)12)15-4-7-2-14-3-7;3-2(4,5)1(6)7/h1,5-7,14H,2-4H2,(H,15,16,18);(H,6,7). The molecule has 1 saturated heterocycles. The van der Waals surface area contributed by atoms with E-state index in [2.05, 4.69) is 46.7 Å². The summed E-state index contributed by atoms with van der Waals surface area (Å²) in [5.74, 6) is -1.38. The summed E-state index contributed by atoms with van der Waals surface area (Å²) in [5, 5.41) is 21.9. The van der Waals surface area contributed by atoms with Crippen molar-refractivity contribution in [1.82, 2.24) is 29.9 Å². The van der Waals surface area contributed by atoms with Gasteiger partial charge in [0, 0.05) is 36.2 Å². The minimum atomic E-state index is -5.08. The van der Waals surface area contributed by atoms with Crippen LogP contribution in [-0.2, 0) is 4.79 Å². The third-order valence-electron chi connectivity index (χ3n) is 3.72. The third kappa shape index (κ3) is 4.42. The summed E-state index contributed by atoms with van der Waals surface area (Å²) in [6.45, 7) is 2.98. The predicted molar refractivity (Wildman–Crippen MR) is 92.3 cm³/mol. The molecule has 3 aromatic heterocycles. The molecule has 0 aromatic carbocycles. The maximum atomic E-state index is 10.6. The smallest absolute Gasteiger partial charge is 0.475 e. The van der Waals surface area contributed by atoms with Gasteiger partial charge in [0.2, 0.25) is 5.65 Å². The van der Waals surface area contributed by atoms with Gasteiger partial charge >= 0.3 is 12.1 Å². The van der Waals surface area contributed by atoms with Crippen molar-refractivity contribution in [3.63, 3.8) is 0 Å². The van der Waals surface area contributed by atoms with E-state index in [0.29, 0.717) is 11.6 Å². The highest BCUT2D eigenvalue weighted by Gasteiger charge is 2.38. The Kier molecular flexibility index (Phi) is 5.41. The van der Waals surface area contributed by atoms with E-state index in [0.717, 1.165) is 41.1 Å². The molecule has 1 fully saturated rings. The molecule has 9 nitrogen and oxygen atoms in total. The normalized spacial score (nSPS) is 14.5. The molecule has 0 spiro atoms. The highest BCUT2D eigenvalue weighted by atomic mass is 79.9. The van der Waals surface area contributed by atoms with Gasteiger partial charge in [-0.2, -0.15) is 13.2 Å². The van der Waals surface area contributed by atoms with Gasteiger partial charge in [-0.3, -0.25) is 4.40 Å².